The van der Waals surface area contributed by atoms with Crippen LogP contribution in [0.2, 0.25) is 0 Å². The van der Waals surface area contributed by atoms with Gasteiger partial charge in [0.25, 0.3) is 0 Å². The molecule has 0 spiro atoms. The van der Waals surface area contributed by atoms with Crippen molar-refractivity contribution in [2.24, 2.45) is 0 Å². The quantitative estimate of drug-likeness (QED) is 0.864. The van der Waals surface area contributed by atoms with E-state index < -0.39 is 0 Å². The van der Waals surface area contributed by atoms with E-state index in [-0.39, 0.29) is 0 Å². The maximum Gasteiger partial charge on any atom is 0.132 e. The van der Waals surface area contributed by atoms with Crippen molar-refractivity contribution in [3.8, 4) is 0 Å². The number of imidazole rings is 1. The number of aryl methyl sites for hydroxylation is 1. The molecule has 0 radical (unpaired) electrons. The molecule has 0 aliphatic carbocycles. The van der Waals surface area contributed by atoms with Crippen molar-refractivity contribution in [2.45, 2.75) is 39.7 Å². The first-order valence-electron chi connectivity index (χ1n) is 6.80. The van der Waals surface area contributed by atoms with Crippen LogP contribution < -0.4 is 5.32 Å². The summed E-state index contributed by atoms with van der Waals surface area (Å²) in [6.07, 6.45) is 8.29. The lowest BCUT2D eigenvalue weighted by Crippen LogP contribution is -2.09. The Morgan fingerprint density at radius 1 is 1.21 bits per heavy atom. The normalized spacial score (nSPS) is 10.7. The second-order valence-corrected chi connectivity index (χ2v) is 4.46. The van der Waals surface area contributed by atoms with Gasteiger partial charge in [-0.3, -0.25) is 0 Å². The molecule has 0 amide bonds. The smallest absolute Gasteiger partial charge is 0.132 e. The van der Waals surface area contributed by atoms with Gasteiger partial charge >= 0.3 is 0 Å². The number of aromatic nitrogens is 4. The van der Waals surface area contributed by atoms with Gasteiger partial charge in [0.1, 0.15) is 18.0 Å². The summed E-state index contributed by atoms with van der Waals surface area (Å²) in [4.78, 5) is 13.1. The minimum Gasteiger partial charge on any atom is -0.373 e. The molecule has 2 aromatic rings. The third-order valence-electron chi connectivity index (χ3n) is 3.22. The van der Waals surface area contributed by atoms with Crippen LogP contribution in [0.5, 0.6) is 0 Å². The number of anilines is 1. The molecular weight excluding hydrogens is 238 g/mol. The van der Waals surface area contributed by atoms with Gasteiger partial charge in [-0.1, -0.05) is 13.8 Å². The molecule has 2 rings (SSSR count). The van der Waals surface area contributed by atoms with Crippen LogP contribution in [-0.4, -0.2) is 26.6 Å². The van der Waals surface area contributed by atoms with E-state index in [4.69, 9.17) is 0 Å². The highest BCUT2D eigenvalue weighted by Crippen LogP contribution is 2.18. The monoisotopic (exact) mass is 259 g/mol. The lowest BCUT2D eigenvalue weighted by atomic mass is 10.1. The highest BCUT2D eigenvalue weighted by Gasteiger charge is 2.12. The van der Waals surface area contributed by atoms with Crippen molar-refractivity contribution in [3.63, 3.8) is 0 Å². The highest BCUT2D eigenvalue weighted by atomic mass is 15.1. The third-order valence-corrected chi connectivity index (χ3v) is 3.22. The van der Waals surface area contributed by atoms with E-state index in [9.17, 15) is 0 Å². The summed E-state index contributed by atoms with van der Waals surface area (Å²) in [6, 6.07) is 0. The fraction of sp³-hybridized carbons (Fsp3) is 0.500. The van der Waals surface area contributed by atoms with E-state index >= 15 is 0 Å². The van der Waals surface area contributed by atoms with E-state index in [1.54, 1.807) is 6.33 Å². The average molecular weight is 259 g/mol. The molecule has 0 aliphatic heterocycles. The largest absolute Gasteiger partial charge is 0.373 e. The molecule has 2 aromatic heterocycles. The van der Waals surface area contributed by atoms with Crippen molar-refractivity contribution in [1.82, 2.24) is 19.5 Å². The van der Waals surface area contributed by atoms with Crippen molar-refractivity contribution in [2.75, 3.05) is 12.4 Å². The molecule has 2 heterocycles. The lowest BCUT2D eigenvalue weighted by molar-refractivity contribution is 0.643. The summed E-state index contributed by atoms with van der Waals surface area (Å²) in [6.45, 7) is 5.30. The van der Waals surface area contributed by atoms with Gasteiger partial charge in [-0.15, -0.1) is 0 Å². The van der Waals surface area contributed by atoms with E-state index in [1.807, 2.05) is 19.4 Å². The Bertz CT molecular complexity index is 532. The third kappa shape index (κ3) is 2.92. The fourth-order valence-corrected chi connectivity index (χ4v) is 2.29. The van der Waals surface area contributed by atoms with Crippen LogP contribution in [0.1, 0.15) is 37.4 Å². The minimum absolute atomic E-state index is 0.757. The Labute approximate surface area is 114 Å². The molecule has 5 heteroatoms. The number of hydrogen-bond donors (Lipinski definition) is 1. The topological polar surface area (TPSA) is 55.6 Å². The van der Waals surface area contributed by atoms with Crippen molar-refractivity contribution in [3.05, 3.63) is 35.8 Å². The Kier molecular flexibility index (Phi) is 4.49. The highest BCUT2D eigenvalue weighted by molar-refractivity contribution is 5.46. The predicted molar refractivity (Wildman–Crippen MR) is 76.3 cm³/mol. The number of nitrogens with zero attached hydrogens (tertiary/aromatic N) is 4. The molecular formula is C14H21N5. The lowest BCUT2D eigenvalue weighted by Gasteiger charge is -2.11. The summed E-state index contributed by atoms with van der Waals surface area (Å²) in [5.41, 5.74) is 2.24. The molecule has 0 atom stereocenters. The Hall–Kier alpha value is -1.91. The first-order chi connectivity index (χ1) is 9.30. The first kappa shape index (κ1) is 13.5. The average Bonchev–Trinajstić information content (AvgIpc) is 2.86. The molecule has 0 saturated carbocycles. The minimum atomic E-state index is 0.757. The standard InChI is InChI=1S/C14H21N5/c1-4-7-19-8-6-16-13(19)9-12-11(5-2)14(15-3)18-10-17-12/h6,8,10H,4-5,7,9H2,1-3H3,(H,15,17,18). The Morgan fingerprint density at radius 2 is 2.05 bits per heavy atom. The zero-order valence-electron chi connectivity index (χ0n) is 11.8. The molecule has 0 unspecified atom stereocenters. The summed E-state index contributed by atoms with van der Waals surface area (Å²) in [5, 5.41) is 3.13. The van der Waals surface area contributed by atoms with Gasteiger partial charge in [0.05, 0.1) is 5.69 Å². The number of hydrogen-bond acceptors (Lipinski definition) is 4. The SMILES string of the molecule is CCCn1ccnc1Cc1ncnc(NC)c1CC. The zero-order chi connectivity index (χ0) is 13.7. The Balaban J connectivity index is 2.30. The maximum atomic E-state index is 4.44. The number of rotatable bonds is 6. The predicted octanol–water partition coefficient (Wildman–Crippen LogP) is 2.28. The number of nitrogens with one attached hydrogen (secondary N) is 1. The van der Waals surface area contributed by atoms with Crippen LogP contribution in [0.25, 0.3) is 0 Å². The fourth-order valence-electron chi connectivity index (χ4n) is 2.29. The molecule has 0 bridgehead atoms. The van der Waals surface area contributed by atoms with Crippen molar-refractivity contribution >= 4 is 5.82 Å². The van der Waals surface area contributed by atoms with Gasteiger partial charge in [0.15, 0.2) is 0 Å². The van der Waals surface area contributed by atoms with Crippen LogP contribution in [0.15, 0.2) is 18.7 Å². The van der Waals surface area contributed by atoms with Crippen molar-refractivity contribution in [1.29, 1.82) is 0 Å². The molecule has 0 saturated heterocycles. The van der Waals surface area contributed by atoms with Crippen LogP contribution in [0, 0.1) is 0 Å². The first-order valence-corrected chi connectivity index (χ1v) is 6.80. The van der Waals surface area contributed by atoms with Gasteiger partial charge in [0.2, 0.25) is 0 Å². The molecule has 0 aliphatic rings. The van der Waals surface area contributed by atoms with Crippen LogP contribution >= 0.6 is 0 Å². The van der Waals surface area contributed by atoms with E-state index in [1.165, 1.54) is 5.56 Å². The molecule has 0 fully saturated rings. The van der Waals surface area contributed by atoms with Gasteiger partial charge in [0, 0.05) is 38.0 Å². The van der Waals surface area contributed by atoms with Crippen LogP contribution in [0.4, 0.5) is 5.82 Å². The second kappa shape index (κ2) is 6.31. The summed E-state index contributed by atoms with van der Waals surface area (Å²) in [5.74, 6) is 1.98. The van der Waals surface area contributed by atoms with E-state index in [0.717, 1.165) is 43.1 Å². The second-order valence-electron chi connectivity index (χ2n) is 4.46. The van der Waals surface area contributed by atoms with Crippen molar-refractivity contribution < 1.29 is 0 Å². The summed E-state index contributed by atoms with van der Waals surface area (Å²) in [7, 11) is 1.89. The summed E-state index contributed by atoms with van der Waals surface area (Å²) < 4.78 is 2.20. The van der Waals surface area contributed by atoms with Gasteiger partial charge < -0.3 is 9.88 Å². The van der Waals surface area contributed by atoms with Gasteiger partial charge in [-0.05, 0) is 12.8 Å². The van der Waals surface area contributed by atoms with E-state index in [0.29, 0.717) is 0 Å². The maximum absolute atomic E-state index is 4.44. The molecule has 1 N–H and O–H groups in total. The molecule has 19 heavy (non-hydrogen) atoms. The Morgan fingerprint density at radius 3 is 2.74 bits per heavy atom. The van der Waals surface area contributed by atoms with Crippen LogP contribution in [-0.2, 0) is 19.4 Å². The molecule has 5 nitrogen and oxygen atoms in total. The molecule has 0 aromatic carbocycles. The van der Waals surface area contributed by atoms with Crippen LogP contribution in [0.3, 0.4) is 0 Å². The molecule has 102 valence electrons. The van der Waals surface area contributed by atoms with E-state index in [2.05, 4.69) is 38.7 Å². The zero-order valence-corrected chi connectivity index (χ0v) is 11.8. The van der Waals surface area contributed by atoms with Gasteiger partial charge in [-0.25, -0.2) is 15.0 Å². The van der Waals surface area contributed by atoms with Gasteiger partial charge in [-0.2, -0.15) is 0 Å². The summed E-state index contributed by atoms with van der Waals surface area (Å²) >= 11 is 0.